The Hall–Kier alpha value is -2.71. The van der Waals surface area contributed by atoms with Crippen LogP contribution in [0.25, 0.3) is 0 Å². The maximum atomic E-state index is 12.1. The van der Waals surface area contributed by atoms with E-state index in [9.17, 15) is 9.59 Å². The number of nitrogens with zero attached hydrogens (tertiary/aromatic N) is 2. The summed E-state index contributed by atoms with van der Waals surface area (Å²) < 4.78 is 0.907. The van der Waals surface area contributed by atoms with Crippen molar-refractivity contribution in [1.29, 1.82) is 0 Å². The first-order valence-electron chi connectivity index (χ1n) is 9.33. The van der Waals surface area contributed by atoms with E-state index < -0.39 is 0 Å². The van der Waals surface area contributed by atoms with E-state index in [4.69, 9.17) is 0 Å². The fourth-order valence-electron chi connectivity index (χ4n) is 2.67. The van der Waals surface area contributed by atoms with Gasteiger partial charge in [0.15, 0.2) is 5.16 Å². The summed E-state index contributed by atoms with van der Waals surface area (Å²) in [6, 6.07) is 16.5. The summed E-state index contributed by atoms with van der Waals surface area (Å²) in [5.74, 6) is -0.366. The molecule has 0 aliphatic rings. The highest BCUT2D eigenvalue weighted by Gasteiger charge is 2.08. The molecule has 1 aromatic heterocycles. The smallest absolute Gasteiger partial charge is 0.251 e. The number of aromatic nitrogens is 2. The molecule has 0 unspecified atom stereocenters. The first-order chi connectivity index (χ1) is 14.4. The largest absolute Gasteiger partial charge is 0.352 e. The molecule has 2 amide bonds. The second-order valence-electron chi connectivity index (χ2n) is 6.62. The zero-order chi connectivity index (χ0) is 21.5. The standard InChI is InChI=1S/C22H21BrN4O2S/c1-14-13-15(2)26-22(25-14)30-19-9-7-18(8-10-19)27-20(28)11-12-24-21(29)16-3-5-17(23)6-4-16/h3-10,13H,11-12H2,1-2H3,(H,24,29)(H,27,28). The van der Waals surface area contributed by atoms with Gasteiger partial charge < -0.3 is 10.6 Å². The van der Waals surface area contributed by atoms with Crippen molar-refractivity contribution in [3.63, 3.8) is 0 Å². The number of benzene rings is 2. The van der Waals surface area contributed by atoms with Crippen molar-refractivity contribution in [2.45, 2.75) is 30.3 Å². The Morgan fingerprint density at radius 3 is 2.23 bits per heavy atom. The molecule has 6 nitrogen and oxygen atoms in total. The monoisotopic (exact) mass is 484 g/mol. The van der Waals surface area contributed by atoms with Gasteiger partial charge in [-0.3, -0.25) is 9.59 Å². The molecule has 0 atom stereocenters. The average Bonchev–Trinajstić information content (AvgIpc) is 2.69. The Bertz CT molecular complexity index is 1020. The number of halogens is 1. The van der Waals surface area contributed by atoms with E-state index in [0.717, 1.165) is 20.8 Å². The molecule has 0 radical (unpaired) electrons. The molecule has 0 saturated carbocycles. The summed E-state index contributed by atoms with van der Waals surface area (Å²) >= 11 is 4.81. The van der Waals surface area contributed by atoms with Gasteiger partial charge in [0.05, 0.1) is 0 Å². The number of nitrogens with one attached hydrogen (secondary N) is 2. The molecule has 3 aromatic rings. The van der Waals surface area contributed by atoms with Crippen molar-refractivity contribution in [3.8, 4) is 0 Å². The summed E-state index contributed by atoms with van der Waals surface area (Å²) in [7, 11) is 0. The molecule has 0 aliphatic carbocycles. The zero-order valence-corrected chi connectivity index (χ0v) is 19.0. The van der Waals surface area contributed by atoms with Crippen LogP contribution in [0.3, 0.4) is 0 Å². The predicted octanol–water partition coefficient (Wildman–Crippen LogP) is 4.77. The fourth-order valence-corrected chi connectivity index (χ4v) is 3.79. The van der Waals surface area contributed by atoms with Crippen LogP contribution in [0, 0.1) is 13.8 Å². The molecule has 1 heterocycles. The number of rotatable bonds is 7. The van der Waals surface area contributed by atoms with Gasteiger partial charge in [-0.15, -0.1) is 0 Å². The number of hydrogen-bond acceptors (Lipinski definition) is 5. The third-order valence-electron chi connectivity index (χ3n) is 4.05. The Labute approximate surface area is 188 Å². The molecule has 0 spiro atoms. The van der Waals surface area contributed by atoms with E-state index in [1.165, 1.54) is 11.8 Å². The lowest BCUT2D eigenvalue weighted by atomic mass is 10.2. The Morgan fingerprint density at radius 1 is 0.967 bits per heavy atom. The number of carbonyl (C=O) groups is 2. The summed E-state index contributed by atoms with van der Waals surface area (Å²) in [5.41, 5.74) is 3.12. The quantitative estimate of drug-likeness (QED) is 0.472. The normalized spacial score (nSPS) is 10.5. The number of aryl methyl sites for hydroxylation is 2. The van der Waals surface area contributed by atoms with E-state index in [1.807, 2.05) is 44.2 Å². The summed E-state index contributed by atoms with van der Waals surface area (Å²) in [6.07, 6.45) is 0.190. The van der Waals surface area contributed by atoms with Gasteiger partial charge in [-0.1, -0.05) is 15.9 Å². The second kappa shape index (κ2) is 10.4. The van der Waals surface area contributed by atoms with Gasteiger partial charge in [0.2, 0.25) is 5.91 Å². The van der Waals surface area contributed by atoms with E-state index in [-0.39, 0.29) is 24.8 Å². The molecule has 3 rings (SSSR count). The first kappa shape index (κ1) is 22.0. The molecule has 0 fully saturated rings. The van der Waals surface area contributed by atoms with E-state index in [1.54, 1.807) is 24.3 Å². The molecular formula is C22H21BrN4O2S. The molecule has 0 aliphatic heterocycles. The lowest BCUT2D eigenvalue weighted by molar-refractivity contribution is -0.116. The Morgan fingerprint density at radius 2 is 1.60 bits per heavy atom. The van der Waals surface area contributed by atoms with Crippen LogP contribution in [0.4, 0.5) is 5.69 Å². The summed E-state index contributed by atoms with van der Waals surface area (Å²) in [5, 5.41) is 6.28. The highest BCUT2D eigenvalue weighted by atomic mass is 79.9. The van der Waals surface area contributed by atoms with Gasteiger partial charge in [-0.05, 0) is 80.2 Å². The van der Waals surface area contributed by atoms with Crippen LogP contribution in [0.1, 0.15) is 28.2 Å². The van der Waals surface area contributed by atoms with Gasteiger partial charge in [0.25, 0.3) is 5.91 Å². The lowest BCUT2D eigenvalue weighted by Crippen LogP contribution is -2.27. The summed E-state index contributed by atoms with van der Waals surface area (Å²) in [6.45, 7) is 4.15. The predicted molar refractivity (Wildman–Crippen MR) is 122 cm³/mol. The van der Waals surface area contributed by atoms with Crippen LogP contribution in [-0.2, 0) is 4.79 Å². The minimum atomic E-state index is -0.203. The van der Waals surface area contributed by atoms with Crippen LogP contribution in [0.5, 0.6) is 0 Å². The van der Waals surface area contributed by atoms with Crippen molar-refractivity contribution in [2.24, 2.45) is 0 Å². The number of anilines is 1. The van der Waals surface area contributed by atoms with Crippen LogP contribution in [0.15, 0.2) is 69.1 Å². The minimum absolute atomic E-state index is 0.163. The van der Waals surface area contributed by atoms with E-state index in [0.29, 0.717) is 16.4 Å². The van der Waals surface area contributed by atoms with Crippen LogP contribution in [0.2, 0.25) is 0 Å². The van der Waals surface area contributed by atoms with Crippen molar-refractivity contribution in [3.05, 3.63) is 76.0 Å². The zero-order valence-electron chi connectivity index (χ0n) is 16.6. The van der Waals surface area contributed by atoms with Crippen LogP contribution >= 0.6 is 27.7 Å². The molecule has 0 saturated heterocycles. The minimum Gasteiger partial charge on any atom is -0.352 e. The maximum absolute atomic E-state index is 12.1. The molecule has 30 heavy (non-hydrogen) atoms. The third-order valence-corrected chi connectivity index (χ3v) is 5.45. The van der Waals surface area contributed by atoms with Gasteiger partial charge in [-0.2, -0.15) is 0 Å². The average molecular weight is 485 g/mol. The molecule has 2 aromatic carbocycles. The van der Waals surface area contributed by atoms with Gasteiger partial charge in [-0.25, -0.2) is 9.97 Å². The van der Waals surface area contributed by atoms with Crippen molar-refractivity contribution in [1.82, 2.24) is 15.3 Å². The van der Waals surface area contributed by atoms with E-state index >= 15 is 0 Å². The first-order valence-corrected chi connectivity index (χ1v) is 10.9. The highest BCUT2D eigenvalue weighted by Crippen LogP contribution is 2.26. The Kier molecular flexibility index (Phi) is 7.59. The lowest BCUT2D eigenvalue weighted by Gasteiger charge is -2.08. The van der Waals surface area contributed by atoms with Crippen LogP contribution in [-0.4, -0.2) is 28.3 Å². The van der Waals surface area contributed by atoms with Crippen molar-refractivity contribution in [2.75, 3.05) is 11.9 Å². The second-order valence-corrected chi connectivity index (χ2v) is 8.58. The molecule has 2 N–H and O–H groups in total. The molecule has 0 bridgehead atoms. The van der Waals surface area contributed by atoms with Crippen LogP contribution < -0.4 is 10.6 Å². The SMILES string of the molecule is Cc1cc(C)nc(Sc2ccc(NC(=O)CCNC(=O)c3ccc(Br)cc3)cc2)n1. The van der Waals surface area contributed by atoms with Gasteiger partial charge in [0, 0.05) is 45.0 Å². The molecular weight excluding hydrogens is 464 g/mol. The molecule has 8 heteroatoms. The van der Waals surface area contributed by atoms with Gasteiger partial charge in [0.1, 0.15) is 0 Å². The highest BCUT2D eigenvalue weighted by molar-refractivity contribution is 9.10. The Balaban J connectivity index is 1.46. The van der Waals surface area contributed by atoms with Crippen molar-refractivity contribution < 1.29 is 9.59 Å². The molecule has 154 valence electrons. The third kappa shape index (κ3) is 6.67. The number of carbonyl (C=O) groups excluding carboxylic acids is 2. The number of amides is 2. The topological polar surface area (TPSA) is 84.0 Å². The van der Waals surface area contributed by atoms with E-state index in [2.05, 4.69) is 36.5 Å². The van der Waals surface area contributed by atoms with Gasteiger partial charge >= 0.3 is 0 Å². The number of hydrogen-bond donors (Lipinski definition) is 2. The summed E-state index contributed by atoms with van der Waals surface area (Å²) in [4.78, 5) is 34.0. The maximum Gasteiger partial charge on any atom is 0.251 e. The van der Waals surface area contributed by atoms with Crippen molar-refractivity contribution >= 4 is 45.2 Å². The fraction of sp³-hybridized carbons (Fsp3) is 0.182.